The highest BCUT2D eigenvalue weighted by Crippen LogP contribution is 2.58. The number of hydrogen-bond acceptors (Lipinski definition) is 3. The Labute approximate surface area is 424 Å². The molecule has 2 aromatic heterocycles. The fourth-order valence-corrected chi connectivity index (χ4v) is 13.1. The van der Waals surface area contributed by atoms with Gasteiger partial charge in [0.05, 0.1) is 16.5 Å². The maximum Gasteiger partial charge on any atom is 0.144 e. The van der Waals surface area contributed by atoms with Crippen LogP contribution in [-0.4, -0.2) is 0 Å². The highest BCUT2D eigenvalue weighted by Gasteiger charge is 2.46. The molecule has 2 heterocycles. The van der Waals surface area contributed by atoms with E-state index in [0.29, 0.717) is 0 Å². The van der Waals surface area contributed by atoms with Gasteiger partial charge in [0.25, 0.3) is 0 Å². The molecule has 3 aliphatic rings. The third-order valence-electron chi connectivity index (χ3n) is 16.4. The number of nitrogens with zero attached hydrogens (tertiary/aromatic N) is 1. The summed E-state index contributed by atoms with van der Waals surface area (Å²) in [5.41, 5.74) is 23.3. The lowest BCUT2D eigenvalue weighted by molar-refractivity contribution is 0.660. The monoisotopic (exact) mass is 935 g/mol. The van der Waals surface area contributed by atoms with Crippen LogP contribution < -0.4 is 4.90 Å². The van der Waals surface area contributed by atoms with Crippen LogP contribution in [0.1, 0.15) is 65.6 Å². The van der Waals surface area contributed by atoms with E-state index in [0.717, 1.165) is 84.9 Å². The fourth-order valence-electron chi connectivity index (χ4n) is 13.1. The summed E-state index contributed by atoms with van der Waals surface area (Å²) in [5, 5.41) is 4.14. The molecule has 3 heteroatoms. The van der Waals surface area contributed by atoms with E-state index >= 15 is 0 Å². The lowest BCUT2D eigenvalue weighted by atomic mass is 9.67. The van der Waals surface area contributed by atoms with Crippen molar-refractivity contribution in [2.45, 2.75) is 37.5 Å². The standard InChI is InChI=1S/C70H49NO2/c1-69(2)57-28-15-12-25-51(57)53-40-38-50(42-59(53)69)71(49-36-33-45(34-37-49)44-19-6-3-7-20-44)61-30-18-32-63-66(61)56-43-64-67(55-27-14-17-31-62(55)72-64)65(68(56)73-63)46-35-39-54-52-26-13-16-29-58(52)70(60(54)41-46,47-21-8-4-9-22-47)48-23-10-5-11-24-48/h3-6,8-19,21-43H,7,20H2,1-2H3. The zero-order chi connectivity index (χ0) is 48.4. The van der Waals surface area contributed by atoms with Gasteiger partial charge in [0, 0.05) is 38.5 Å². The normalized spacial score (nSPS) is 14.8. The van der Waals surface area contributed by atoms with Gasteiger partial charge in [0.2, 0.25) is 0 Å². The number of hydrogen-bond donors (Lipinski definition) is 0. The molecule has 346 valence electrons. The molecule has 0 bridgehead atoms. The Kier molecular flexibility index (Phi) is 9.05. The Hall–Kier alpha value is -8.92. The quantitative estimate of drug-likeness (QED) is 0.159. The maximum atomic E-state index is 7.40. The van der Waals surface area contributed by atoms with E-state index in [9.17, 15) is 0 Å². The van der Waals surface area contributed by atoms with Gasteiger partial charge in [-0.1, -0.05) is 196 Å². The first-order chi connectivity index (χ1) is 36.0. The third kappa shape index (κ3) is 6.00. The van der Waals surface area contributed by atoms with Crippen molar-refractivity contribution in [1.82, 2.24) is 0 Å². The number of para-hydroxylation sites is 1. The first-order valence-electron chi connectivity index (χ1n) is 25.6. The number of fused-ring (bicyclic) bond motifs is 12. The highest BCUT2D eigenvalue weighted by molar-refractivity contribution is 6.25. The van der Waals surface area contributed by atoms with E-state index in [1.165, 1.54) is 66.8 Å². The van der Waals surface area contributed by atoms with Crippen molar-refractivity contribution in [2.75, 3.05) is 4.90 Å². The molecule has 15 rings (SSSR count). The van der Waals surface area contributed by atoms with Crippen LogP contribution in [0.25, 0.3) is 82.8 Å². The van der Waals surface area contributed by atoms with E-state index in [2.05, 4.69) is 255 Å². The summed E-state index contributed by atoms with van der Waals surface area (Å²) in [6, 6.07) is 80.5. The lowest BCUT2D eigenvalue weighted by Gasteiger charge is -2.34. The smallest absolute Gasteiger partial charge is 0.144 e. The summed E-state index contributed by atoms with van der Waals surface area (Å²) in [5.74, 6) is 0. The Morgan fingerprint density at radius 3 is 1.84 bits per heavy atom. The van der Waals surface area contributed by atoms with Crippen molar-refractivity contribution in [1.29, 1.82) is 0 Å². The highest BCUT2D eigenvalue weighted by atomic mass is 16.3. The lowest BCUT2D eigenvalue weighted by Crippen LogP contribution is -2.28. The molecule has 0 fully saturated rings. The Morgan fingerprint density at radius 2 is 1.07 bits per heavy atom. The van der Waals surface area contributed by atoms with Crippen molar-refractivity contribution >= 4 is 66.5 Å². The third-order valence-corrected chi connectivity index (χ3v) is 16.4. The Morgan fingerprint density at radius 1 is 0.438 bits per heavy atom. The van der Waals surface area contributed by atoms with E-state index in [1.54, 1.807) is 0 Å². The Balaban J connectivity index is 1.00. The molecule has 0 unspecified atom stereocenters. The van der Waals surface area contributed by atoms with Gasteiger partial charge < -0.3 is 13.7 Å². The molecule has 3 aliphatic carbocycles. The molecule has 0 saturated heterocycles. The van der Waals surface area contributed by atoms with E-state index < -0.39 is 5.41 Å². The molecule has 73 heavy (non-hydrogen) atoms. The zero-order valence-corrected chi connectivity index (χ0v) is 40.7. The molecule has 0 radical (unpaired) electrons. The van der Waals surface area contributed by atoms with Crippen molar-refractivity contribution in [3.63, 3.8) is 0 Å². The number of anilines is 3. The number of furan rings is 2. The van der Waals surface area contributed by atoms with E-state index in [1.807, 2.05) is 0 Å². The number of allylic oxidation sites excluding steroid dienone is 4. The summed E-state index contributed by atoms with van der Waals surface area (Å²) < 4.78 is 14.3. The average Bonchev–Trinajstić information content (AvgIpc) is 4.17. The van der Waals surface area contributed by atoms with Gasteiger partial charge >= 0.3 is 0 Å². The summed E-state index contributed by atoms with van der Waals surface area (Å²) in [4.78, 5) is 2.44. The van der Waals surface area contributed by atoms with Crippen LogP contribution in [0.3, 0.4) is 0 Å². The molecule has 12 aromatic rings. The minimum absolute atomic E-state index is 0.176. The van der Waals surface area contributed by atoms with Gasteiger partial charge in [-0.3, -0.25) is 0 Å². The number of rotatable bonds is 7. The van der Waals surface area contributed by atoms with Crippen molar-refractivity contribution in [3.05, 3.63) is 276 Å². The largest absolute Gasteiger partial charge is 0.456 e. The summed E-state index contributed by atoms with van der Waals surface area (Å²) in [7, 11) is 0. The molecular formula is C70H49NO2. The van der Waals surface area contributed by atoms with Crippen molar-refractivity contribution in [2.24, 2.45) is 0 Å². The van der Waals surface area contributed by atoms with Crippen LogP contribution in [0.2, 0.25) is 0 Å². The van der Waals surface area contributed by atoms with Gasteiger partial charge in [-0.25, -0.2) is 0 Å². The Bertz CT molecular complexity index is 4240. The van der Waals surface area contributed by atoms with Gasteiger partial charge in [0.15, 0.2) is 0 Å². The van der Waals surface area contributed by atoms with Gasteiger partial charge in [0.1, 0.15) is 22.3 Å². The zero-order valence-electron chi connectivity index (χ0n) is 40.7. The summed E-state index contributed by atoms with van der Waals surface area (Å²) >= 11 is 0. The average molecular weight is 936 g/mol. The minimum Gasteiger partial charge on any atom is -0.456 e. The summed E-state index contributed by atoms with van der Waals surface area (Å²) in [6.07, 6.45) is 8.79. The van der Waals surface area contributed by atoms with Crippen LogP contribution in [-0.2, 0) is 10.8 Å². The molecular weight excluding hydrogens is 887 g/mol. The second kappa shape index (κ2) is 15.8. The molecule has 10 aromatic carbocycles. The van der Waals surface area contributed by atoms with Crippen molar-refractivity contribution in [3.8, 4) is 33.4 Å². The molecule has 0 N–H and O–H groups in total. The minimum atomic E-state index is -0.566. The predicted molar refractivity (Wildman–Crippen MR) is 302 cm³/mol. The van der Waals surface area contributed by atoms with Gasteiger partial charge in [-0.05, 0) is 140 Å². The maximum absolute atomic E-state index is 7.40. The first kappa shape index (κ1) is 41.8. The van der Waals surface area contributed by atoms with E-state index in [-0.39, 0.29) is 5.41 Å². The molecule has 0 amide bonds. The van der Waals surface area contributed by atoms with Crippen LogP contribution in [0.5, 0.6) is 0 Å². The van der Waals surface area contributed by atoms with E-state index in [4.69, 9.17) is 8.83 Å². The van der Waals surface area contributed by atoms with Crippen LogP contribution in [0.4, 0.5) is 17.1 Å². The summed E-state index contributed by atoms with van der Waals surface area (Å²) in [6.45, 7) is 4.72. The molecule has 0 atom stereocenters. The van der Waals surface area contributed by atoms with Crippen molar-refractivity contribution < 1.29 is 8.83 Å². The predicted octanol–water partition coefficient (Wildman–Crippen LogP) is 19.0. The van der Waals surface area contributed by atoms with Gasteiger partial charge in [-0.2, -0.15) is 0 Å². The molecule has 0 spiro atoms. The number of benzene rings is 10. The van der Waals surface area contributed by atoms with Crippen LogP contribution in [0, 0.1) is 0 Å². The van der Waals surface area contributed by atoms with Crippen LogP contribution in [0.15, 0.2) is 245 Å². The second-order valence-corrected chi connectivity index (χ2v) is 20.6. The SMILES string of the molecule is CC1(C)c2ccccc2-c2ccc(N(c3ccc(C4=CC=CCC4)cc3)c3cccc4oc5c(-c6ccc7c(c6)C(c6ccccc6)(c6ccccc6)c6ccccc6-7)c6c(cc5c34)oc3ccccc36)cc21. The first-order valence-corrected chi connectivity index (χ1v) is 25.6. The van der Waals surface area contributed by atoms with Crippen LogP contribution >= 0.6 is 0 Å². The van der Waals surface area contributed by atoms with Gasteiger partial charge in [-0.15, -0.1) is 0 Å². The fraction of sp³-hybridized carbons (Fsp3) is 0.0857. The second-order valence-electron chi connectivity index (χ2n) is 20.6. The molecule has 3 nitrogen and oxygen atoms in total. The topological polar surface area (TPSA) is 29.5 Å². The molecule has 0 saturated carbocycles. The molecule has 0 aliphatic heterocycles.